The fraction of sp³-hybridized carbons (Fsp3) is 0.250. The largest absolute Gasteiger partial charge is 0.320 e. The highest BCUT2D eigenvalue weighted by atomic mass is 32.2. The molecule has 1 amide bonds. The number of rotatable bonds is 4. The number of nitrogens with one attached hydrogen (secondary N) is 1. The van der Waals surface area contributed by atoms with Gasteiger partial charge in [0.25, 0.3) is 5.91 Å². The lowest BCUT2D eigenvalue weighted by atomic mass is 10.2. The molecule has 1 N–H and O–H groups in total. The lowest BCUT2D eigenvalue weighted by Crippen LogP contribution is -2.27. The molecule has 0 bridgehead atoms. The van der Waals surface area contributed by atoms with E-state index in [-0.39, 0.29) is 16.1 Å². The first-order valence-electron chi connectivity index (χ1n) is 7.49. The van der Waals surface area contributed by atoms with Crippen LogP contribution in [0.25, 0.3) is 0 Å². The highest BCUT2D eigenvalue weighted by Gasteiger charge is 2.27. The Morgan fingerprint density at radius 3 is 2.42 bits per heavy atom. The van der Waals surface area contributed by atoms with Crippen LogP contribution in [0.15, 0.2) is 47.6 Å². The van der Waals surface area contributed by atoms with Gasteiger partial charge in [-0.1, -0.05) is 0 Å². The second kappa shape index (κ2) is 6.66. The fourth-order valence-electron chi connectivity index (χ4n) is 2.54. The fourth-order valence-corrected chi connectivity index (χ4v) is 4.06. The topological polar surface area (TPSA) is 79.4 Å². The number of carbonyl (C=O) groups excluding carboxylic acids is 1. The van der Waals surface area contributed by atoms with Crippen LogP contribution in [0.3, 0.4) is 0 Å². The van der Waals surface area contributed by atoms with Gasteiger partial charge < -0.3 is 5.32 Å². The molecule has 24 heavy (non-hydrogen) atoms. The van der Waals surface area contributed by atoms with Crippen LogP contribution in [0, 0.1) is 5.82 Å². The lowest BCUT2D eigenvalue weighted by Gasteiger charge is -2.15. The summed E-state index contributed by atoms with van der Waals surface area (Å²) in [6.45, 7) is 1.05. The molecule has 3 rings (SSSR count). The number of anilines is 1. The minimum Gasteiger partial charge on any atom is -0.320 e. The number of hydrogen-bond donors (Lipinski definition) is 1. The van der Waals surface area contributed by atoms with Crippen LogP contribution < -0.4 is 5.32 Å². The van der Waals surface area contributed by atoms with Crippen LogP contribution in [0.4, 0.5) is 10.1 Å². The maximum atomic E-state index is 13.1. The standard InChI is InChI=1S/C16H16FN3O3S/c17-13-9-14(11-18-10-13)19-16(21)12-3-5-15(6-4-12)24(22,23)20-7-1-2-8-20/h3-6,9-11H,1-2,7-8H2,(H,19,21). The van der Waals surface area contributed by atoms with Crippen molar-refractivity contribution in [2.24, 2.45) is 0 Å². The number of carbonyl (C=O) groups is 1. The third kappa shape index (κ3) is 3.44. The maximum Gasteiger partial charge on any atom is 0.255 e. The number of benzene rings is 1. The van der Waals surface area contributed by atoms with Crippen molar-refractivity contribution in [2.45, 2.75) is 17.7 Å². The number of sulfonamides is 1. The predicted molar refractivity (Wildman–Crippen MR) is 86.6 cm³/mol. The van der Waals surface area contributed by atoms with Gasteiger partial charge in [0.2, 0.25) is 10.0 Å². The van der Waals surface area contributed by atoms with E-state index in [2.05, 4.69) is 10.3 Å². The highest BCUT2D eigenvalue weighted by Crippen LogP contribution is 2.21. The molecule has 0 atom stereocenters. The third-order valence-corrected chi connectivity index (χ3v) is 5.69. The summed E-state index contributed by atoms with van der Waals surface area (Å²) >= 11 is 0. The second-order valence-corrected chi connectivity index (χ2v) is 7.42. The number of nitrogens with zero attached hydrogens (tertiary/aromatic N) is 2. The monoisotopic (exact) mass is 349 g/mol. The zero-order valence-electron chi connectivity index (χ0n) is 12.8. The van der Waals surface area contributed by atoms with Gasteiger partial charge in [-0.2, -0.15) is 4.31 Å². The van der Waals surface area contributed by atoms with Gasteiger partial charge in [0.05, 0.1) is 23.0 Å². The average Bonchev–Trinajstić information content (AvgIpc) is 3.10. The van der Waals surface area contributed by atoms with Gasteiger partial charge in [0.15, 0.2) is 0 Å². The van der Waals surface area contributed by atoms with E-state index in [9.17, 15) is 17.6 Å². The van der Waals surface area contributed by atoms with Gasteiger partial charge in [0.1, 0.15) is 5.82 Å². The molecule has 0 radical (unpaired) electrons. The quantitative estimate of drug-likeness (QED) is 0.918. The SMILES string of the molecule is O=C(Nc1cncc(F)c1)c1ccc(S(=O)(=O)N2CCCC2)cc1. The first kappa shape index (κ1) is 16.5. The molecule has 6 nitrogen and oxygen atoms in total. The molecule has 8 heteroatoms. The summed E-state index contributed by atoms with van der Waals surface area (Å²) in [5, 5.41) is 2.51. The van der Waals surface area contributed by atoms with Crippen molar-refractivity contribution in [2.75, 3.05) is 18.4 Å². The van der Waals surface area contributed by atoms with Gasteiger partial charge >= 0.3 is 0 Å². The summed E-state index contributed by atoms with van der Waals surface area (Å²) in [5.74, 6) is -1.02. The Morgan fingerprint density at radius 1 is 1.12 bits per heavy atom. The van der Waals surface area contributed by atoms with E-state index >= 15 is 0 Å². The van der Waals surface area contributed by atoms with Crippen LogP contribution in [-0.4, -0.2) is 36.7 Å². The van der Waals surface area contributed by atoms with Gasteiger partial charge in [-0.3, -0.25) is 9.78 Å². The molecule has 1 aromatic heterocycles. The minimum absolute atomic E-state index is 0.161. The summed E-state index contributed by atoms with van der Waals surface area (Å²) < 4.78 is 39.4. The highest BCUT2D eigenvalue weighted by molar-refractivity contribution is 7.89. The first-order chi connectivity index (χ1) is 11.5. The van der Waals surface area contributed by atoms with E-state index in [1.807, 2.05) is 0 Å². The zero-order valence-corrected chi connectivity index (χ0v) is 13.6. The van der Waals surface area contributed by atoms with Gasteiger partial charge in [-0.05, 0) is 37.1 Å². The van der Waals surface area contributed by atoms with Crippen molar-refractivity contribution >= 4 is 21.6 Å². The maximum absolute atomic E-state index is 13.1. The molecule has 2 aromatic rings. The normalized spacial score (nSPS) is 15.4. The van der Waals surface area contributed by atoms with E-state index in [4.69, 9.17) is 0 Å². The Balaban J connectivity index is 1.75. The Labute approximate surface area is 139 Å². The van der Waals surface area contributed by atoms with Crippen LogP contribution in [-0.2, 0) is 10.0 Å². The molecule has 2 heterocycles. The number of halogens is 1. The van der Waals surface area contributed by atoms with Crippen LogP contribution in [0.2, 0.25) is 0 Å². The molecule has 1 aromatic carbocycles. The van der Waals surface area contributed by atoms with Crippen molar-refractivity contribution in [1.29, 1.82) is 0 Å². The third-order valence-electron chi connectivity index (χ3n) is 3.78. The number of amides is 1. The Hall–Kier alpha value is -2.32. The number of pyridine rings is 1. The van der Waals surface area contributed by atoms with Crippen molar-refractivity contribution in [3.63, 3.8) is 0 Å². The van der Waals surface area contributed by atoms with Crippen molar-refractivity contribution in [1.82, 2.24) is 9.29 Å². The van der Waals surface area contributed by atoms with Crippen LogP contribution in [0.5, 0.6) is 0 Å². The molecule has 1 fully saturated rings. The van der Waals surface area contributed by atoms with Gasteiger partial charge in [-0.15, -0.1) is 0 Å². The molecule has 0 aliphatic carbocycles. The molecule has 1 aliphatic rings. The van der Waals surface area contributed by atoms with Crippen molar-refractivity contribution in [3.8, 4) is 0 Å². The molecule has 0 saturated carbocycles. The van der Waals surface area contributed by atoms with Gasteiger partial charge in [-0.25, -0.2) is 12.8 Å². The van der Waals surface area contributed by atoms with Crippen molar-refractivity contribution in [3.05, 3.63) is 54.1 Å². The van der Waals surface area contributed by atoms with E-state index in [0.29, 0.717) is 13.1 Å². The summed E-state index contributed by atoms with van der Waals surface area (Å²) in [6, 6.07) is 6.84. The van der Waals surface area contributed by atoms with E-state index < -0.39 is 21.7 Å². The summed E-state index contributed by atoms with van der Waals surface area (Å²) in [6.07, 6.45) is 4.09. The number of aromatic nitrogens is 1. The predicted octanol–water partition coefficient (Wildman–Crippen LogP) is 2.26. The average molecular weight is 349 g/mol. The molecule has 0 spiro atoms. The first-order valence-corrected chi connectivity index (χ1v) is 8.93. The van der Waals surface area contributed by atoms with Gasteiger partial charge in [0, 0.05) is 24.7 Å². The molecule has 0 unspecified atom stereocenters. The number of hydrogen-bond acceptors (Lipinski definition) is 4. The summed E-state index contributed by atoms with van der Waals surface area (Å²) in [5.41, 5.74) is 0.508. The molecule has 1 saturated heterocycles. The minimum atomic E-state index is -3.50. The van der Waals surface area contributed by atoms with E-state index in [1.54, 1.807) is 0 Å². The Bertz CT molecular complexity index is 847. The van der Waals surface area contributed by atoms with Crippen molar-refractivity contribution < 1.29 is 17.6 Å². The summed E-state index contributed by atoms with van der Waals surface area (Å²) in [7, 11) is -3.50. The Morgan fingerprint density at radius 2 is 1.79 bits per heavy atom. The lowest BCUT2D eigenvalue weighted by molar-refractivity contribution is 0.102. The smallest absolute Gasteiger partial charge is 0.255 e. The second-order valence-electron chi connectivity index (χ2n) is 5.48. The summed E-state index contributed by atoms with van der Waals surface area (Å²) in [4.78, 5) is 15.9. The van der Waals surface area contributed by atoms with Crippen LogP contribution in [0.1, 0.15) is 23.2 Å². The zero-order chi connectivity index (χ0) is 17.2. The molecule has 1 aliphatic heterocycles. The molecule has 126 valence electrons. The molecular weight excluding hydrogens is 333 g/mol. The van der Waals surface area contributed by atoms with E-state index in [1.165, 1.54) is 34.8 Å². The Kier molecular flexibility index (Phi) is 4.59. The van der Waals surface area contributed by atoms with E-state index in [0.717, 1.165) is 25.1 Å². The molecular formula is C16H16FN3O3S. The van der Waals surface area contributed by atoms with Crippen LogP contribution >= 0.6 is 0 Å².